The summed E-state index contributed by atoms with van der Waals surface area (Å²) in [5, 5.41) is 7.83. The minimum absolute atomic E-state index is 0.0269. The lowest BCUT2D eigenvalue weighted by molar-refractivity contribution is 0.487. The van der Waals surface area contributed by atoms with Crippen LogP contribution >= 0.6 is 11.8 Å². The first-order valence-electron chi connectivity index (χ1n) is 25.1. The van der Waals surface area contributed by atoms with E-state index in [1.165, 1.54) is 153 Å². The molecule has 6 aliphatic rings. The van der Waals surface area contributed by atoms with Crippen LogP contribution in [-0.2, 0) is 5.41 Å². The van der Waals surface area contributed by atoms with Crippen LogP contribution in [0.5, 0.6) is 11.5 Å². The maximum Gasteiger partial charge on any atom is 0.256 e. The number of nitrogens with zero attached hydrogens (tertiary/aromatic N) is 3. The molecule has 3 aromatic heterocycles. The highest BCUT2D eigenvalue weighted by molar-refractivity contribution is 8.00. The van der Waals surface area contributed by atoms with Gasteiger partial charge in [-0.3, -0.25) is 0 Å². The van der Waals surface area contributed by atoms with Crippen molar-refractivity contribution in [1.82, 2.24) is 13.7 Å². The van der Waals surface area contributed by atoms with E-state index in [1.807, 2.05) is 11.8 Å². The van der Waals surface area contributed by atoms with Gasteiger partial charge >= 0.3 is 0 Å². The van der Waals surface area contributed by atoms with Crippen molar-refractivity contribution in [3.8, 4) is 28.6 Å². The first-order valence-corrected chi connectivity index (χ1v) is 25.9. The van der Waals surface area contributed by atoms with Crippen LogP contribution in [0.3, 0.4) is 0 Å². The van der Waals surface area contributed by atoms with Crippen molar-refractivity contribution in [2.24, 2.45) is 0 Å². The van der Waals surface area contributed by atoms with E-state index in [4.69, 9.17) is 4.74 Å². The molecule has 0 amide bonds. The summed E-state index contributed by atoms with van der Waals surface area (Å²) in [6.45, 7) is 5.12. The van der Waals surface area contributed by atoms with Crippen molar-refractivity contribution in [1.29, 1.82) is 0 Å². The van der Waals surface area contributed by atoms with Gasteiger partial charge in [0.2, 0.25) is 13.4 Å². The molecule has 324 valence electrons. The molecule has 10 aromatic carbocycles. The van der Waals surface area contributed by atoms with E-state index < -0.39 is 0 Å². The highest BCUT2D eigenvalue weighted by Crippen LogP contribution is 2.52. The second-order valence-electron chi connectivity index (χ2n) is 21.3. The zero-order chi connectivity index (χ0) is 45.9. The minimum atomic E-state index is -0.181. The van der Waals surface area contributed by atoms with Gasteiger partial charge in [0.15, 0.2) is 0 Å². The number of rotatable bonds is 0. The van der Waals surface area contributed by atoms with Crippen molar-refractivity contribution in [2.45, 2.75) is 29.1 Å². The second-order valence-corrected chi connectivity index (χ2v) is 22.4. The predicted octanol–water partition coefficient (Wildman–Crippen LogP) is 8.68. The first-order chi connectivity index (χ1) is 35.1. The molecule has 13 aromatic rings. The highest BCUT2D eigenvalue weighted by atomic mass is 32.2. The Morgan fingerprint density at radius 3 is 1.45 bits per heavy atom. The molecule has 71 heavy (non-hydrogen) atoms. The van der Waals surface area contributed by atoms with Gasteiger partial charge in [-0.05, 0) is 91.8 Å². The molecule has 9 heterocycles. The van der Waals surface area contributed by atoms with Gasteiger partial charge in [-0.2, -0.15) is 0 Å². The standard InChI is InChI=1S/C63H36B3N3OS/c1-63(2)36-18-3-4-20-38(36)64-41-23-9-15-33-51-60(67(57(33)41)44-26-12-19-37(63)54(44)64)52-35-17-11-25-43-59(35)69(46-28-14-32-50-56(46)66(43)40-22-6-8-31-49(40)71-50)62(52)53-34-16-10-24-42-58(34)68(61(51)53)45-27-13-30-48-55(45)65(42)39-21-5-7-29-47(39)70-48/h3-32H,1-2H3. The second kappa shape index (κ2) is 12.1. The molecule has 4 nitrogen and oxygen atoms in total. The molecule has 8 heteroatoms. The summed E-state index contributed by atoms with van der Waals surface area (Å²) in [7, 11) is 0. The lowest BCUT2D eigenvalue weighted by Gasteiger charge is -2.41. The monoisotopic (exact) mass is 915 g/mol. The zero-order valence-corrected chi connectivity index (χ0v) is 39.5. The molecule has 0 atom stereocenters. The van der Waals surface area contributed by atoms with Crippen LogP contribution in [0.25, 0.3) is 82.5 Å². The van der Waals surface area contributed by atoms with Gasteiger partial charge in [0.25, 0.3) is 6.71 Å². The van der Waals surface area contributed by atoms with E-state index in [2.05, 4.69) is 210 Å². The van der Waals surface area contributed by atoms with Crippen LogP contribution in [0.15, 0.2) is 192 Å². The molecule has 6 aliphatic heterocycles. The number of fused-ring (bicyclic) bond motifs is 24. The molecule has 0 aliphatic carbocycles. The Bertz CT molecular complexity index is 4710. The van der Waals surface area contributed by atoms with E-state index in [-0.39, 0.29) is 25.6 Å². The maximum absolute atomic E-state index is 6.90. The molecule has 0 radical (unpaired) electrons. The number of hydrogen-bond acceptors (Lipinski definition) is 2. The normalized spacial score (nSPS) is 15.3. The Hall–Kier alpha value is -8.06. The summed E-state index contributed by atoms with van der Waals surface area (Å²) in [5.41, 5.74) is 26.4. The molecule has 0 spiro atoms. The third kappa shape index (κ3) is 3.96. The van der Waals surface area contributed by atoms with Crippen LogP contribution in [-0.4, -0.2) is 33.8 Å². The van der Waals surface area contributed by atoms with Gasteiger partial charge in [-0.15, -0.1) is 0 Å². The number of hydrogen-bond donors (Lipinski definition) is 0. The number of aromatic nitrogens is 3. The van der Waals surface area contributed by atoms with E-state index in [0.29, 0.717) is 0 Å². The largest absolute Gasteiger partial charge is 0.458 e. The maximum atomic E-state index is 6.90. The topological polar surface area (TPSA) is 24.0 Å². The molecule has 0 fully saturated rings. The quantitative estimate of drug-likeness (QED) is 0.142. The Morgan fingerprint density at radius 1 is 0.352 bits per heavy atom. The van der Waals surface area contributed by atoms with Crippen molar-refractivity contribution in [3.05, 3.63) is 193 Å². The molecule has 0 saturated heterocycles. The van der Waals surface area contributed by atoms with E-state index in [1.54, 1.807) is 0 Å². The van der Waals surface area contributed by atoms with E-state index in [0.717, 1.165) is 11.5 Å². The van der Waals surface area contributed by atoms with E-state index >= 15 is 0 Å². The van der Waals surface area contributed by atoms with E-state index in [9.17, 15) is 0 Å². The lowest BCUT2D eigenvalue weighted by Crippen LogP contribution is -2.63. The van der Waals surface area contributed by atoms with Crippen molar-refractivity contribution >= 4 is 146 Å². The van der Waals surface area contributed by atoms with Crippen molar-refractivity contribution in [3.63, 3.8) is 0 Å². The minimum Gasteiger partial charge on any atom is -0.458 e. The smallest absolute Gasteiger partial charge is 0.256 e. The fraction of sp³-hybridized carbons (Fsp3) is 0.0476. The summed E-state index contributed by atoms with van der Waals surface area (Å²) in [6.07, 6.45) is 0. The third-order valence-corrected chi connectivity index (χ3v) is 19.1. The first kappa shape index (κ1) is 36.9. The van der Waals surface area contributed by atoms with Gasteiger partial charge in [0.1, 0.15) is 11.5 Å². The summed E-state index contributed by atoms with van der Waals surface area (Å²) in [6, 6.07) is 69.7. The molecule has 0 unspecified atom stereocenters. The Balaban J connectivity index is 1.11. The average Bonchev–Trinajstić information content (AvgIpc) is 4.09. The lowest BCUT2D eigenvalue weighted by atomic mass is 9.30. The molecule has 0 bridgehead atoms. The average molecular weight is 916 g/mol. The number of para-hydroxylation sites is 4. The van der Waals surface area contributed by atoms with Gasteiger partial charge in [0.05, 0.1) is 16.6 Å². The van der Waals surface area contributed by atoms with Crippen molar-refractivity contribution in [2.75, 3.05) is 0 Å². The summed E-state index contributed by atoms with van der Waals surface area (Å²) in [5.74, 6) is 1.88. The van der Waals surface area contributed by atoms with Gasteiger partial charge in [0, 0.05) is 81.1 Å². The zero-order valence-electron chi connectivity index (χ0n) is 38.7. The summed E-state index contributed by atoms with van der Waals surface area (Å²) in [4.78, 5) is 2.69. The Morgan fingerprint density at radius 2 is 0.789 bits per heavy atom. The highest BCUT2D eigenvalue weighted by Gasteiger charge is 2.47. The third-order valence-electron chi connectivity index (χ3n) is 18.0. The van der Waals surface area contributed by atoms with Crippen molar-refractivity contribution < 1.29 is 4.74 Å². The van der Waals surface area contributed by atoms with Gasteiger partial charge < -0.3 is 18.4 Å². The van der Waals surface area contributed by atoms with Crippen LogP contribution in [0.2, 0.25) is 0 Å². The number of benzene rings is 10. The van der Waals surface area contributed by atoms with Crippen LogP contribution in [0.1, 0.15) is 25.0 Å². The molecular weight excluding hydrogens is 879 g/mol. The fourth-order valence-corrected chi connectivity index (χ4v) is 16.7. The molecule has 0 saturated carbocycles. The molecule has 19 rings (SSSR count). The summed E-state index contributed by atoms with van der Waals surface area (Å²) >= 11 is 1.93. The Kier molecular flexibility index (Phi) is 6.28. The molecule has 0 N–H and O–H groups in total. The van der Waals surface area contributed by atoms with Crippen LogP contribution in [0, 0.1) is 0 Å². The number of ether oxygens (including phenoxy) is 1. The van der Waals surface area contributed by atoms with Crippen LogP contribution < -0.4 is 53.9 Å². The summed E-state index contributed by atoms with van der Waals surface area (Å²) < 4.78 is 15.0. The Labute approximate surface area is 413 Å². The molecular formula is C63H36B3N3OS. The predicted molar refractivity (Wildman–Crippen MR) is 299 cm³/mol. The van der Waals surface area contributed by atoms with Crippen LogP contribution in [0.4, 0.5) is 0 Å². The van der Waals surface area contributed by atoms with Gasteiger partial charge in [-0.25, -0.2) is 0 Å². The SMILES string of the molecule is CC1(C)c2ccccc2B2c3c(cccc31)-n1c3c2cccc3c2c3c(c4cccc5c4n3-c3cccc4c3B5c3ccccc3O4)c3c(c4cccc5c4n3-c3cccc4c3B5c3ccccc3S4)c21. The fourth-order valence-electron chi connectivity index (χ4n) is 15.5. The van der Waals surface area contributed by atoms with Gasteiger partial charge in [-0.1, -0.05) is 176 Å².